The number of hydrogen-bond donors (Lipinski definition) is 0. The summed E-state index contributed by atoms with van der Waals surface area (Å²) in [7, 11) is 8.20. The van der Waals surface area contributed by atoms with Gasteiger partial charge in [0, 0.05) is 6.54 Å². The second-order valence-corrected chi connectivity index (χ2v) is 8.24. The quantitative estimate of drug-likeness (QED) is 0.333. The van der Waals surface area contributed by atoms with E-state index in [1.807, 2.05) is 37.3 Å². The van der Waals surface area contributed by atoms with Crippen molar-refractivity contribution in [3.05, 3.63) is 53.1 Å². The summed E-state index contributed by atoms with van der Waals surface area (Å²) < 4.78 is 21.2. The molecule has 1 unspecified atom stereocenters. The van der Waals surface area contributed by atoms with E-state index in [-0.39, 0.29) is 5.97 Å². The van der Waals surface area contributed by atoms with E-state index in [1.165, 1.54) is 7.11 Å². The van der Waals surface area contributed by atoms with Gasteiger partial charge >= 0.3 is 5.97 Å². The Labute approximate surface area is 196 Å². The van der Waals surface area contributed by atoms with E-state index in [0.717, 1.165) is 43.3 Å². The summed E-state index contributed by atoms with van der Waals surface area (Å²) >= 11 is 0. The highest BCUT2D eigenvalue weighted by Crippen LogP contribution is 2.36. The first-order valence-corrected chi connectivity index (χ1v) is 10.9. The van der Waals surface area contributed by atoms with Gasteiger partial charge in [-0.1, -0.05) is 12.1 Å². The molecule has 7 nitrogen and oxygen atoms in total. The minimum absolute atomic E-state index is 0.278. The van der Waals surface area contributed by atoms with Crippen molar-refractivity contribution in [1.29, 1.82) is 0 Å². The van der Waals surface area contributed by atoms with Crippen LogP contribution in [-0.2, 0) is 21.4 Å². The molecule has 0 aliphatic carbocycles. The molecule has 33 heavy (non-hydrogen) atoms. The van der Waals surface area contributed by atoms with Crippen molar-refractivity contribution in [2.24, 2.45) is 0 Å². The first kappa shape index (κ1) is 26.2. The molecule has 0 saturated carbocycles. The number of carbonyl (C=O) groups excluding carboxylic acids is 2. The van der Waals surface area contributed by atoms with Crippen LogP contribution in [0.3, 0.4) is 0 Å². The van der Waals surface area contributed by atoms with E-state index < -0.39 is 5.41 Å². The van der Waals surface area contributed by atoms with Gasteiger partial charge in [0.25, 0.3) is 0 Å². The van der Waals surface area contributed by atoms with Crippen molar-refractivity contribution < 1.29 is 28.5 Å². The van der Waals surface area contributed by atoms with Gasteiger partial charge in [0.1, 0.15) is 5.75 Å². The SMILES string of the molecule is COC(=O)C(C)(CCCN(C)CCc1ccc(C=O)c(OC)c1)c1ccc(OC)c(OC)c1. The average Bonchev–Trinajstić information content (AvgIpc) is 2.85. The Morgan fingerprint density at radius 3 is 2.24 bits per heavy atom. The van der Waals surface area contributed by atoms with Crippen LogP contribution in [0, 0.1) is 0 Å². The summed E-state index contributed by atoms with van der Waals surface area (Å²) in [5, 5.41) is 0. The van der Waals surface area contributed by atoms with E-state index in [4.69, 9.17) is 18.9 Å². The number of carbonyl (C=O) groups is 2. The molecule has 2 aromatic rings. The van der Waals surface area contributed by atoms with Crippen LogP contribution in [0.25, 0.3) is 0 Å². The van der Waals surface area contributed by atoms with E-state index in [0.29, 0.717) is 29.2 Å². The van der Waals surface area contributed by atoms with Crippen molar-refractivity contribution in [1.82, 2.24) is 4.90 Å². The Kier molecular flexibility index (Phi) is 9.73. The molecular formula is C26H35NO6. The van der Waals surface area contributed by atoms with Gasteiger partial charge in [-0.2, -0.15) is 0 Å². The molecule has 0 heterocycles. The maximum atomic E-state index is 12.7. The van der Waals surface area contributed by atoms with Crippen molar-refractivity contribution in [2.75, 3.05) is 48.6 Å². The highest BCUT2D eigenvalue weighted by molar-refractivity contribution is 5.83. The minimum Gasteiger partial charge on any atom is -0.496 e. The summed E-state index contributed by atoms with van der Waals surface area (Å²) in [6.07, 6.45) is 3.06. The maximum absolute atomic E-state index is 12.7. The molecular weight excluding hydrogens is 422 g/mol. The normalized spacial score (nSPS) is 12.7. The van der Waals surface area contributed by atoms with Gasteiger partial charge < -0.3 is 23.8 Å². The van der Waals surface area contributed by atoms with Gasteiger partial charge in [-0.25, -0.2) is 0 Å². The first-order valence-electron chi connectivity index (χ1n) is 10.9. The van der Waals surface area contributed by atoms with Gasteiger partial charge in [-0.15, -0.1) is 0 Å². The lowest BCUT2D eigenvalue weighted by Gasteiger charge is -2.29. The second kappa shape index (κ2) is 12.3. The van der Waals surface area contributed by atoms with E-state index >= 15 is 0 Å². The van der Waals surface area contributed by atoms with Crippen LogP contribution in [0.2, 0.25) is 0 Å². The predicted octanol–water partition coefficient (Wildman–Crippen LogP) is 3.91. The molecule has 0 amide bonds. The lowest BCUT2D eigenvalue weighted by molar-refractivity contribution is -0.147. The van der Waals surface area contributed by atoms with Gasteiger partial charge in [-0.3, -0.25) is 9.59 Å². The topological polar surface area (TPSA) is 74.3 Å². The van der Waals surface area contributed by atoms with Gasteiger partial charge in [-0.05, 0) is 75.2 Å². The lowest BCUT2D eigenvalue weighted by atomic mass is 9.78. The second-order valence-electron chi connectivity index (χ2n) is 8.24. The molecule has 0 bridgehead atoms. The van der Waals surface area contributed by atoms with Gasteiger partial charge in [0.05, 0.1) is 39.4 Å². The van der Waals surface area contributed by atoms with Crippen LogP contribution < -0.4 is 14.2 Å². The average molecular weight is 458 g/mol. The molecule has 0 aliphatic rings. The largest absolute Gasteiger partial charge is 0.496 e. The monoisotopic (exact) mass is 457 g/mol. The Morgan fingerprint density at radius 2 is 1.64 bits per heavy atom. The van der Waals surface area contributed by atoms with Crippen LogP contribution in [0.4, 0.5) is 0 Å². The van der Waals surface area contributed by atoms with Crippen molar-refractivity contribution in [2.45, 2.75) is 31.6 Å². The Morgan fingerprint density at radius 1 is 0.939 bits per heavy atom. The number of ether oxygens (including phenoxy) is 4. The molecule has 0 spiro atoms. The highest BCUT2D eigenvalue weighted by Gasteiger charge is 2.36. The number of rotatable bonds is 13. The molecule has 0 fully saturated rings. The van der Waals surface area contributed by atoms with Crippen LogP contribution in [-0.4, -0.2) is 65.7 Å². The first-order chi connectivity index (χ1) is 15.8. The van der Waals surface area contributed by atoms with Gasteiger partial charge in [0.15, 0.2) is 17.8 Å². The molecule has 0 aliphatic heterocycles. The third-order valence-electron chi connectivity index (χ3n) is 6.08. The molecule has 0 N–H and O–H groups in total. The standard InChI is InChI=1S/C26H35NO6/c1-26(25(29)33-6,21-10-11-22(30-3)24(17-21)32-5)13-7-14-27(2)15-12-19-8-9-20(18-28)23(16-19)31-4/h8-11,16-18H,7,12-15H2,1-6H3. The third-order valence-corrected chi connectivity index (χ3v) is 6.08. The fraction of sp³-hybridized carbons (Fsp3) is 0.462. The van der Waals surface area contributed by atoms with E-state index in [9.17, 15) is 9.59 Å². The third kappa shape index (κ3) is 6.48. The fourth-order valence-corrected chi connectivity index (χ4v) is 3.91. The Balaban J connectivity index is 2.01. The number of likely N-dealkylation sites (N-methyl/N-ethyl adjacent to an activating group) is 1. The smallest absolute Gasteiger partial charge is 0.315 e. The molecule has 180 valence electrons. The summed E-state index contributed by atoms with van der Waals surface area (Å²) in [5.41, 5.74) is 1.69. The zero-order valence-electron chi connectivity index (χ0n) is 20.5. The summed E-state index contributed by atoms with van der Waals surface area (Å²) in [5.74, 6) is 1.51. The Hall–Kier alpha value is -3.06. The molecule has 0 saturated heterocycles. The van der Waals surface area contributed by atoms with Crippen LogP contribution in [0.15, 0.2) is 36.4 Å². The summed E-state index contributed by atoms with van der Waals surface area (Å²) in [4.78, 5) is 26.0. The molecule has 1 atom stereocenters. The number of hydrogen-bond acceptors (Lipinski definition) is 7. The molecule has 0 aromatic heterocycles. The fourth-order valence-electron chi connectivity index (χ4n) is 3.91. The van der Waals surface area contributed by atoms with E-state index in [2.05, 4.69) is 11.9 Å². The van der Waals surface area contributed by atoms with Crippen molar-refractivity contribution in [3.8, 4) is 17.2 Å². The zero-order chi connectivity index (χ0) is 24.4. The summed E-state index contributed by atoms with van der Waals surface area (Å²) in [6.45, 7) is 3.57. The number of benzene rings is 2. The number of aldehydes is 1. The zero-order valence-corrected chi connectivity index (χ0v) is 20.5. The highest BCUT2D eigenvalue weighted by atomic mass is 16.5. The lowest BCUT2D eigenvalue weighted by Crippen LogP contribution is -2.35. The number of nitrogens with zero attached hydrogens (tertiary/aromatic N) is 1. The van der Waals surface area contributed by atoms with Crippen LogP contribution in [0.1, 0.15) is 41.3 Å². The maximum Gasteiger partial charge on any atom is 0.315 e. The minimum atomic E-state index is -0.798. The number of esters is 1. The van der Waals surface area contributed by atoms with Crippen LogP contribution in [0.5, 0.6) is 17.2 Å². The van der Waals surface area contributed by atoms with Crippen LogP contribution >= 0.6 is 0 Å². The molecule has 0 radical (unpaired) electrons. The molecule has 7 heteroatoms. The van der Waals surface area contributed by atoms with E-state index in [1.54, 1.807) is 27.4 Å². The number of methoxy groups -OCH3 is 4. The Bertz CT molecular complexity index is 944. The summed E-state index contributed by atoms with van der Waals surface area (Å²) in [6, 6.07) is 11.2. The van der Waals surface area contributed by atoms with Crippen molar-refractivity contribution in [3.63, 3.8) is 0 Å². The van der Waals surface area contributed by atoms with Gasteiger partial charge in [0.2, 0.25) is 0 Å². The predicted molar refractivity (Wildman–Crippen MR) is 128 cm³/mol. The van der Waals surface area contributed by atoms with Crippen molar-refractivity contribution >= 4 is 12.3 Å². The molecule has 2 aromatic carbocycles. The molecule has 2 rings (SSSR count).